The molecule has 0 amide bonds. The second-order valence-electron chi connectivity index (χ2n) is 10.2. The standard InChI is InChI=1S/C28H30N2O2S/c1-17-5-7-18(8-6-17)16-32-21-12-9-19(10-13-21)25-29-26(31)24-22-14-11-20(28(2,3)4)15-23(22)33-27(24)30-25/h5-10,12-13,20H,11,14-16H2,1-4H3,(H,29,30,31). The zero-order chi connectivity index (χ0) is 23.2. The Balaban J connectivity index is 1.38. The first-order valence-corrected chi connectivity index (χ1v) is 12.4. The molecule has 0 bridgehead atoms. The molecular weight excluding hydrogens is 428 g/mol. The highest BCUT2D eigenvalue weighted by molar-refractivity contribution is 7.18. The van der Waals surface area contributed by atoms with E-state index < -0.39 is 0 Å². The van der Waals surface area contributed by atoms with E-state index in [1.165, 1.54) is 16.0 Å². The van der Waals surface area contributed by atoms with Crippen LogP contribution < -0.4 is 10.3 Å². The van der Waals surface area contributed by atoms with E-state index >= 15 is 0 Å². The minimum Gasteiger partial charge on any atom is -0.489 e. The third kappa shape index (κ3) is 4.47. The van der Waals surface area contributed by atoms with E-state index in [1.807, 2.05) is 24.3 Å². The van der Waals surface area contributed by atoms with Crippen molar-refractivity contribution in [1.29, 1.82) is 0 Å². The highest BCUT2D eigenvalue weighted by atomic mass is 32.1. The maximum absolute atomic E-state index is 13.0. The van der Waals surface area contributed by atoms with Crippen molar-refractivity contribution in [2.24, 2.45) is 11.3 Å². The number of hydrogen-bond acceptors (Lipinski definition) is 4. The van der Waals surface area contributed by atoms with Gasteiger partial charge < -0.3 is 9.72 Å². The summed E-state index contributed by atoms with van der Waals surface area (Å²) in [4.78, 5) is 23.1. The largest absolute Gasteiger partial charge is 0.489 e. The predicted molar refractivity (Wildman–Crippen MR) is 136 cm³/mol. The highest BCUT2D eigenvalue weighted by Gasteiger charge is 2.31. The molecule has 1 aliphatic rings. The molecule has 2 aromatic heterocycles. The van der Waals surface area contributed by atoms with Crippen LogP contribution in [-0.4, -0.2) is 9.97 Å². The third-order valence-electron chi connectivity index (χ3n) is 6.80. The second-order valence-corrected chi connectivity index (χ2v) is 11.3. The molecular formula is C28H30N2O2S. The molecule has 1 atom stereocenters. The molecule has 0 saturated carbocycles. The Hall–Kier alpha value is -2.92. The van der Waals surface area contributed by atoms with Crippen LogP contribution in [0.3, 0.4) is 0 Å². The number of aryl methyl sites for hydroxylation is 2. The second kappa shape index (κ2) is 8.45. The van der Waals surface area contributed by atoms with Crippen molar-refractivity contribution >= 4 is 21.6 Å². The van der Waals surface area contributed by atoms with E-state index in [0.717, 1.165) is 46.4 Å². The van der Waals surface area contributed by atoms with Gasteiger partial charge in [0.25, 0.3) is 5.56 Å². The van der Waals surface area contributed by atoms with Gasteiger partial charge in [-0.3, -0.25) is 4.79 Å². The SMILES string of the molecule is Cc1ccc(COc2ccc(-c3nc4sc5c(c4c(=O)[nH]3)CCC(C(C)(C)C)C5)cc2)cc1. The lowest BCUT2D eigenvalue weighted by molar-refractivity contribution is 0.218. The molecule has 33 heavy (non-hydrogen) atoms. The van der Waals surface area contributed by atoms with Gasteiger partial charge in [-0.15, -0.1) is 11.3 Å². The smallest absolute Gasteiger partial charge is 0.260 e. The minimum atomic E-state index is -0.0265. The fourth-order valence-electron chi connectivity index (χ4n) is 4.62. The van der Waals surface area contributed by atoms with Crippen LogP contribution in [0.25, 0.3) is 21.6 Å². The van der Waals surface area contributed by atoms with Crippen LogP contribution in [0, 0.1) is 18.3 Å². The van der Waals surface area contributed by atoms with E-state index in [2.05, 4.69) is 56.9 Å². The topological polar surface area (TPSA) is 55.0 Å². The predicted octanol–water partition coefficient (Wildman–Crippen LogP) is 6.69. The van der Waals surface area contributed by atoms with Crippen LogP contribution in [0.1, 0.15) is 48.8 Å². The average molecular weight is 459 g/mol. The summed E-state index contributed by atoms with van der Waals surface area (Å²) in [5.74, 6) is 2.05. The van der Waals surface area contributed by atoms with Gasteiger partial charge in [0.2, 0.25) is 0 Å². The van der Waals surface area contributed by atoms with Crippen LogP contribution in [0.15, 0.2) is 53.3 Å². The molecule has 1 N–H and O–H groups in total. The van der Waals surface area contributed by atoms with Gasteiger partial charge in [0.05, 0.1) is 5.39 Å². The number of nitrogens with zero attached hydrogens (tertiary/aromatic N) is 1. The molecule has 2 heterocycles. The summed E-state index contributed by atoms with van der Waals surface area (Å²) in [6.45, 7) is 9.54. The summed E-state index contributed by atoms with van der Waals surface area (Å²) in [6, 6.07) is 16.1. The maximum atomic E-state index is 13.0. The van der Waals surface area contributed by atoms with Crippen molar-refractivity contribution in [3.8, 4) is 17.1 Å². The van der Waals surface area contributed by atoms with Gasteiger partial charge in [0, 0.05) is 10.4 Å². The molecule has 0 fully saturated rings. The van der Waals surface area contributed by atoms with E-state index in [1.54, 1.807) is 11.3 Å². The molecule has 170 valence electrons. The van der Waals surface area contributed by atoms with Gasteiger partial charge in [-0.25, -0.2) is 4.98 Å². The van der Waals surface area contributed by atoms with E-state index in [0.29, 0.717) is 18.3 Å². The maximum Gasteiger partial charge on any atom is 0.260 e. The number of ether oxygens (including phenoxy) is 1. The molecule has 4 nitrogen and oxygen atoms in total. The van der Waals surface area contributed by atoms with Gasteiger partial charge in [0.1, 0.15) is 23.0 Å². The van der Waals surface area contributed by atoms with Crippen LogP contribution in [0.5, 0.6) is 5.75 Å². The molecule has 1 aliphatic carbocycles. The van der Waals surface area contributed by atoms with Gasteiger partial charge in [-0.2, -0.15) is 0 Å². The lowest BCUT2D eigenvalue weighted by Crippen LogP contribution is -2.26. The summed E-state index contributed by atoms with van der Waals surface area (Å²) < 4.78 is 5.92. The number of hydrogen-bond donors (Lipinski definition) is 1. The van der Waals surface area contributed by atoms with Crippen LogP contribution in [-0.2, 0) is 19.4 Å². The van der Waals surface area contributed by atoms with Crippen molar-refractivity contribution in [2.75, 3.05) is 0 Å². The number of nitrogens with one attached hydrogen (secondary N) is 1. The first kappa shape index (κ1) is 21.9. The molecule has 2 aromatic carbocycles. The number of H-pyrrole nitrogens is 1. The van der Waals surface area contributed by atoms with E-state index in [9.17, 15) is 4.79 Å². The number of aromatic nitrogens is 2. The number of thiophene rings is 1. The Labute approximate surface area is 198 Å². The van der Waals surface area contributed by atoms with E-state index in [4.69, 9.17) is 9.72 Å². The number of benzene rings is 2. The fraction of sp³-hybridized carbons (Fsp3) is 0.357. The first-order chi connectivity index (χ1) is 15.8. The van der Waals surface area contributed by atoms with Crippen molar-refractivity contribution in [2.45, 2.75) is 53.6 Å². The summed E-state index contributed by atoms with van der Waals surface area (Å²) >= 11 is 1.70. The summed E-state index contributed by atoms with van der Waals surface area (Å²) in [5, 5.41) is 0.796. The first-order valence-electron chi connectivity index (χ1n) is 11.6. The van der Waals surface area contributed by atoms with Crippen LogP contribution >= 0.6 is 11.3 Å². The molecule has 5 rings (SSSR count). The third-order valence-corrected chi connectivity index (χ3v) is 7.95. The Morgan fingerprint density at radius 3 is 2.52 bits per heavy atom. The lowest BCUT2D eigenvalue weighted by Gasteiger charge is -2.33. The lowest BCUT2D eigenvalue weighted by atomic mass is 9.72. The van der Waals surface area contributed by atoms with Gasteiger partial charge in [-0.1, -0.05) is 50.6 Å². The van der Waals surface area contributed by atoms with Crippen LogP contribution in [0.2, 0.25) is 0 Å². The Morgan fingerprint density at radius 1 is 1.09 bits per heavy atom. The van der Waals surface area contributed by atoms with Gasteiger partial charge >= 0.3 is 0 Å². The average Bonchev–Trinajstić information content (AvgIpc) is 3.17. The quantitative estimate of drug-likeness (QED) is 0.371. The Bertz CT molecular complexity index is 1340. The monoisotopic (exact) mass is 458 g/mol. The molecule has 0 spiro atoms. The van der Waals surface area contributed by atoms with Crippen molar-refractivity contribution in [3.05, 3.63) is 80.5 Å². The number of aromatic amines is 1. The molecule has 0 saturated heterocycles. The van der Waals surface area contributed by atoms with Gasteiger partial charge in [-0.05, 0) is 72.9 Å². The zero-order valence-electron chi connectivity index (χ0n) is 19.7. The van der Waals surface area contributed by atoms with E-state index in [-0.39, 0.29) is 11.0 Å². The molecule has 5 heteroatoms. The normalized spacial score (nSPS) is 16.1. The van der Waals surface area contributed by atoms with Crippen molar-refractivity contribution in [3.63, 3.8) is 0 Å². The number of rotatable bonds is 4. The molecule has 1 unspecified atom stereocenters. The fourth-order valence-corrected chi connectivity index (χ4v) is 5.92. The zero-order valence-corrected chi connectivity index (χ0v) is 20.5. The van der Waals surface area contributed by atoms with Crippen LogP contribution in [0.4, 0.5) is 0 Å². The molecule has 4 aromatic rings. The highest BCUT2D eigenvalue weighted by Crippen LogP contribution is 2.42. The van der Waals surface area contributed by atoms with Gasteiger partial charge in [0.15, 0.2) is 0 Å². The Kier molecular flexibility index (Phi) is 5.61. The summed E-state index contributed by atoms with van der Waals surface area (Å²) in [7, 11) is 0. The summed E-state index contributed by atoms with van der Waals surface area (Å²) in [6.07, 6.45) is 3.14. The van der Waals surface area contributed by atoms with Crippen molar-refractivity contribution in [1.82, 2.24) is 9.97 Å². The minimum absolute atomic E-state index is 0.0265. The molecule has 0 radical (unpaired) electrons. The number of fused-ring (bicyclic) bond motifs is 3. The summed E-state index contributed by atoms with van der Waals surface area (Å²) in [5.41, 5.74) is 4.73. The molecule has 0 aliphatic heterocycles. The Morgan fingerprint density at radius 2 is 1.82 bits per heavy atom. The van der Waals surface area contributed by atoms with Crippen molar-refractivity contribution < 1.29 is 4.74 Å².